The zero-order chi connectivity index (χ0) is 22.9. The molecular formula is C27H18ClN3O2. The van der Waals surface area contributed by atoms with E-state index in [1.165, 1.54) is 10.6 Å². The number of aromatic nitrogens is 3. The topological polar surface area (TPSA) is 70.4 Å². The molecule has 2 aromatic heterocycles. The molecule has 0 atom stereocenters. The molecule has 0 saturated heterocycles. The highest BCUT2D eigenvalue weighted by atomic mass is 35.5. The van der Waals surface area contributed by atoms with Gasteiger partial charge in [-0.05, 0) is 41.5 Å². The average Bonchev–Trinajstić information content (AvgIpc) is 3.19. The van der Waals surface area contributed by atoms with Gasteiger partial charge in [0.15, 0.2) is 0 Å². The highest BCUT2D eigenvalue weighted by Crippen LogP contribution is 2.32. The summed E-state index contributed by atoms with van der Waals surface area (Å²) in [6.07, 6.45) is 7.55. The maximum absolute atomic E-state index is 13.4. The van der Waals surface area contributed by atoms with Crippen LogP contribution < -0.4 is 5.56 Å². The molecule has 6 heteroatoms. The van der Waals surface area contributed by atoms with Crippen LogP contribution in [0.4, 0.5) is 0 Å². The van der Waals surface area contributed by atoms with E-state index in [0.29, 0.717) is 33.8 Å². The molecule has 0 aliphatic rings. The quantitative estimate of drug-likeness (QED) is 0.365. The van der Waals surface area contributed by atoms with Gasteiger partial charge >= 0.3 is 0 Å². The molecule has 3 aromatic carbocycles. The Labute approximate surface area is 194 Å². The van der Waals surface area contributed by atoms with E-state index in [1.807, 2.05) is 54.6 Å². The van der Waals surface area contributed by atoms with Crippen molar-refractivity contribution in [2.75, 3.05) is 0 Å². The van der Waals surface area contributed by atoms with Gasteiger partial charge in [-0.25, -0.2) is 0 Å². The summed E-state index contributed by atoms with van der Waals surface area (Å²) in [4.78, 5) is 16.7. The van der Waals surface area contributed by atoms with Crippen LogP contribution in [0.1, 0.15) is 16.8 Å². The molecule has 0 fully saturated rings. The van der Waals surface area contributed by atoms with E-state index in [2.05, 4.69) is 16.0 Å². The van der Waals surface area contributed by atoms with Crippen molar-refractivity contribution in [1.29, 1.82) is 0 Å². The zero-order valence-corrected chi connectivity index (χ0v) is 18.2. The van der Waals surface area contributed by atoms with Crippen molar-refractivity contribution in [2.45, 2.75) is 6.42 Å². The third kappa shape index (κ3) is 3.78. The minimum atomic E-state index is -0.345. The molecule has 5 nitrogen and oxygen atoms in total. The van der Waals surface area contributed by atoms with Crippen LogP contribution in [0.3, 0.4) is 0 Å². The SMILES string of the molecule is C#Cc1ccc(-c2c[nH]c3c(-c4ccc(Cl)cc4)c(Cc4ccccc4)nn3c2=O)c(O)c1. The normalized spacial score (nSPS) is 10.9. The number of rotatable bonds is 4. The molecular weight excluding hydrogens is 434 g/mol. The number of benzene rings is 3. The van der Waals surface area contributed by atoms with Gasteiger partial charge in [0.2, 0.25) is 0 Å². The number of H-pyrrole nitrogens is 1. The van der Waals surface area contributed by atoms with E-state index < -0.39 is 0 Å². The number of nitrogens with one attached hydrogen (secondary N) is 1. The molecule has 0 spiro atoms. The van der Waals surface area contributed by atoms with Crippen LogP contribution in [0.2, 0.25) is 5.02 Å². The monoisotopic (exact) mass is 451 g/mol. The van der Waals surface area contributed by atoms with Crippen molar-refractivity contribution in [1.82, 2.24) is 14.6 Å². The Balaban J connectivity index is 1.73. The van der Waals surface area contributed by atoms with Gasteiger partial charge in [0.05, 0.1) is 11.3 Å². The van der Waals surface area contributed by atoms with Crippen molar-refractivity contribution in [3.05, 3.63) is 111 Å². The summed E-state index contributed by atoms with van der Waals surface area (Å²) in [6.45, 7) is 0. The predicted molar refractivity (Wildman–Crippen MR) is 131 cm³/mol. The third-order valence-electron chi connectivity index (χ3n) is 5.54. The molecule has 2 heterocycles. The summed E-state index contributed by atoms with van der Waals surface area (Å²) < 4.78 is 1.35. The Bertz CT molecular complexity index is 1580. The fourth-order valence-electron chi connectivity index (χ4n) is 3.93. The highest BCUT2D eigenvalue weighted by Gasteiger charge is 2.20. The molecule has 2 N–H and O–H groups in total. The first-order chi connectivity index (χ1) is 16.0. The molecule has 160 valence electrons. The van der Waals surface area contributed by atoms with Gasteiger partial charge in [0, 0.05) is 34.3 Å². The lowest BCUT2D eigenvalue weighted by Gasteiger charge is -2.06. The number of hydrogen-bond donors (Lipinski definition) is 2. The lowest BCUT2D eigenvalue weighted by Crippen LogP contribution is -2.17. The van der Waals surface area contributed by atoms with E-state index in [-0.39, 0.29) is 11.3 Å². The van der Waals surface area contributed by atoms with Gasteiger partial charge in [0.1, 0.15) is 11.4 Å². The van der Waals surface area contributed by atoms with Crippen molar-refractivity contribution >= 4 is 17.2 Å². The minimum absolute atomic E-state index is 0.0649. The van der Waals surface area contributed by atoms with E-state index in [4.69, 9.17) is 18.0 Å². The van der Waals surface area contributed by atoms with Crippen LogP contribution in [0, 0.1) is 12.3 Å². The molecule has 5 rings (SSSR count). The molecule has 0 aliphatic carbocycles. The van der Waals surface area contributed by atoms with Gasteiger partial charge in [-0.3, -0.25) is 4.79 Å². The van der Waals surface area contributed by atoms with Crippen molar-refractivity contribution in [2.24, 2.45) is 0 Å². The number of terminal acetylenes is 1. The smallest absolute Gasteiger partial charge is 0.282 e. The van der Waals surface area contributed by atoms with Crippen molar-refractivity contribution < 1.29 is 5.11 Å². The summed E-state index contributed by atoms with van der Waals surface area (Å²) in [5, 5.41) is 15.7. The summed E-state index contributed by atoms with van der Waals surface area (Å²) in [7, 11) is 0. The largest absolute Gasteiger partial charge is 0.507 e. The molecule has 0 radical (unpaired) electrons. The Kier molecular flexibility index (Phi) is 5.21. The van der Waals surface area contributed by atoms with E-state index in [9.17, 15) is 9.90 Å². The van der Waals surface area contributed by atoms with Crippen LogP contribution in [-0.4, -0.2) is 19.7 Å². The number of halogens is 1. The van der Waals surface area contributed by atoms with Crippen LogP contribution in [0.25, 0.3) is 27.9 Å². The maximum Gasteiger partial charge on any atom is 0.282 e. The fourth-order valence-corrected chi connectivity index (χ4v) is 4.06. The number of aromatic amines is 1. The second kappa shape index (κ2) is 8.34. The Morgan fingerprint density at radius 1 is 1.03 bits per heavy atom. The van der Waals surface area contributed by atoms with Crippen LogP contribution in [0.15, 0.2) is 83.8 Å². The fraction of sp³-hybridized carbons (Fsp3) is 0.0370. The molecule has 0 aliphatic heterocycles. The second-order valence-electron chi connectivity index (χ2n) is 7.64. The third-order valence-corrected chi connectivity index (χ3v) is 5.79. The van der Waals surface area contributed by atoms with Crippen LogP contribution >= 0.6 is 11.6 Å². The van der Waals surface area contributed by atoms with Crippen molar-refractivity contribution in [3.8, 4) is 40.3 Å². The molecule has 5 aromatic rings. The van der Waals surface area contributed by atoms with E-state index in [0.717, 1.165) is 22.4 Å². The van der Waals surface area contributed by atoms with Crippen LogP contribution in [-0.2, 0) is 6.42 Å². The van der Waals surface area contributed by atoms with Gasteiger partial charge in [-0.15, -0.1) is 6.42 Å². The molecule has 0 bridgehead atoms. The molecule has 0 unspecified atom stereocenters. The number of phenols is 1. The molecule has 33 heavy (non-hydrogen) atoms. The Morgan fingerprint density at radius 3 is 2.48 bits per heavy atom. The number of phenolic OH excluding ortho intramolecular Hbond substituents is 1. The van der Waals surface area contributed by atoms with Crippen molar-refractivity contribution in [3.63, 3.8) is 0 Å². The molecule has 0 amide bonds. The first-order valence-corrected chi connectivity index (χ1v) is 10.7. The van der Waals surface area contributed by atoms with E-state index in [1.54, 1.807) is 18.3 Å². The average molecular weight is 452 g/mol. The van der Waals surface area contributed by atoms with E-state index >= 15 is 0 Å². The minimum Gasteiger partial charge on any atom is -0.507 e. The Morgan fingerprint density at radius 2 is 1.79 bits per heavy atom. The van der Waals surface area contributed by atoms with Gasteiger partial charge in [0.25, 0.3) is 5.56 Å². The second-order valence-corrected chi connectivity index (χ2v) is 8.07. The maximum atomic E-state index is 13.4. The van der Waals surface area contributed by atoms with Gasteiger partial charge < -0.3 is 10.1 Å². The van der Waals surface area contributed by atoms with Crippen LogP contribution in [0.5, 0.6) is 5.75 Å². The first-order valence-electron chi connectivity index (χ1n) is 10.3. The summed E-state index contributed by atoms with van der Waals surface area (Å²) in [5.74, 6) is 2.41. The standard InChI is InChI=1S/C27H18ClN3O2/c1-2-17-8-13-21(24(32)15-17)22-16-29-26-25(19-9-11-20(28)12-10-19)23(30-31(26)27(22)33)14-18-6-4-3-5-7-18/h1,3-13,15-16,29,32H,14H2. The summed E-state index contributed by atoms with van der Waals surface area (Å²) in [6, 6.07) is 22.2. The lowest BCUT2D eigenvalue weighted by molar-refractivity contribution is 0.477. The number of aromatic hydroxyl groups is 1. The number of nitrogens with zero attached hydrogens (tertiary/aromatic N) is 2. The highest BCUT2D eigenvalue weighted by molar-refractivity contribution is 6.30. The number of hydrogen-bond acceptors (Lipinski definition) is 3. The first kappa shape index (κ1) is 20.6. The lowest BCUT2D eigenvalue weighted by atomic mass is 10.0. The summed E-state index contributed by atoms with van der Waals surface area (Å²) >= 11 is 6.10. The summed E-state index contributed by atoms with van der Waals surface area (Å²) in [5.41, 5.74) is 4.97. The predicted octanol–water partition coefficient (Wildman–Crippen LogP) is 5.29. The number of fused-ring (bicyclic) bond motifs is 1. The van der Waals surface area contributed by atoms with Gasteiger partial charge in [-0.2, -0.15) is 9.61 Å². The Hall–Kier alpha value is -4.27. The zero-order valence-electron chi connectivity index (χ0n) is 17.4. The van der Waals surface area contributed by atoms with Gasteiger partial charge in [-0.1, -0.05) is 60.0 Å². The molecule has 0 saturated carbocycles.